The zero-order valence-electron chi connectivity index (χ0n) is 5.79. The maximum absolute atomic E-state index is 5.00. The molecule has 0 atom stereocenters. The Morgan fingerprint density at radius 1 is 1.70 bits per heavy atom. The molecule has 1 aromatic heterocycles. The Morgan fingerprint density at radius 2 is 2.50 bits per heavy atom. The fourth-order valence-electron chi connectivity index (χ4n) is 0.527. The van der Waals surface area contributed by atoms with Gasteiger partial charge in [0, 0.05) is 13.5 Å². The average molecular weight is 139 g/mol. The first-order valence-electron chi connectivity index (χ1n) is 2.98. The summed E-state index contributed by atoms with van der Waals surface area (Å²) in [5.41, 5.74) is 0. The van der Waals surface area contributed by atoms with Gasteiger partial charge in [0.2, 0.25) is 5.89 Å². The summed E-state index contributed by atoms with van der Waals surface area (Å²) in [6.07, 6.45) is 1.72. The lowest BCUT2D eigenvalue weighted by Crippen LogP contribution is -1.97. The summed E-state index contributed by atoms with van der Waals surface area (Å²) in [5, 5.41) is 10.2. The molecule has 1 aromatic rings. The van der Waals surface area contributed by atoms with Crippen LogP contribution < -0.4 is 5.32 Å². The minimum atomic E-state index is 0.442. The van der Waals surface area contributed by atoms with Crippen LogP contribution in [0.4, 0.5) is 6.01 Å². The second kappa shape index (κ2) is 3.00. The molecule has 1 rings (SSSR count). The van der Waals surface area contributed by atoms with Gasteiger partial charge in [-0.1, -0.05) is 11.2 Å². The van der Waals surface area contributed by atoms with Crippen molar-refractivity contribution in [2.45, 2.75) is 6.92 Å². The number of hydrogen-bond donors (Lipinski definition) is 1. The van der Waals surface area contributed by atoms with Crippen LogP contribution in [0.25, 0.3) is 0 Å². The van der Waals surface area contributed by atoms with Crippen LogP contribution in [-0.2, 0) is 0 Å². The van der Waals surface area contributed by atoms with E-state index in [0.29, 0.717) is 18.5 Å². The van der Waals surface area contributed by atoms with E-state index < -0.39 is 0 Å². The predicted molar refractivity (Wildman–Crippen MR) is 37.7 cm³/mol. The van der Waals surface area contributed by atoms with E-state index >= 15 is 0 Å². The number of anilines is 1. The lowest BCUT2D eigenvalue weighted by molar-refractivity contribution is 0.532. The zero-order chi connectivity index (χ0) is 7.40. The van der Waals surface area contributed by atoms with Gasteiger partial charge in [0.1, 0.15) is 0 Å². The molecule has 0 bridgehead atoms. The highest BCUT2D eigenvalue weighted by Gasteiger charge is 1.96. The van der Waals surface area contributed by atoms with E-state index in [2.05, 4.69) is 22.1 Å². The largest absolute Gasteiger partial charge is 0.408 e. The van der Waals surface area contributed by atoms with E-state index in [4.69, 9.17) is 4.42 Å². The number of aryl methyl sites for hydroxylation is 1. The quantitative estimate of drug-likeness (QED) is 0.634. The summed E-state index contributed by atoms with van der Waals surface area (Å²) < 4.78 is 5.00. The lowest BCUT2D eigenvalue weighted by Gasteiger charge is -1.91. The molecule has 0 unspecified atom stereocenters. The molecule has 0 amide bonds. The maximum Gasteiger partial charge on any atom is 0.315 e. The highest BCUT2D eigenvalue weighted by atomic mass is 16.4. The number of rotatable bonds is 3. The lowest BCUT2D eigenvalue weighted by atomic mass is 10.6. The van der Waals surface area contributed by atoms with Gasteiger partial charge in [0.05, 0.1) is 0 Å². The number of nitrogens with one attached hydrogen (secondary N) is 1. The monoisotopic (exact) mass is 139 g/mol. The Balaban J connectivity index is 2.49. The fourth-order valence-corrected chi connectivity index (χ4v) is 0.527. The van der Waals surface area contributed by atoms with Crippen LogP contribution in [0.1, 0.15) is 5.89 Å². The van der Waals surface area contributed by atoms with Crippen molar-refractivity contribution in [3.8, 4) is 0 Å². The van der Waals surface area contributed by atoms with Gasteiger partial charge in [-0.25, -0.2) is 0 Å². The third kappa shape index (κ3) is 1.58. The molecular formula is C6H9N3O. The highest BCUT2D eigenvalue weighted by Crippen LogP contribution is 2.01. The normalized spacial score (nSPS) is 9.30. The SMILES string of the molecule is C=CCNc1nnc(C)o1. The summed E-state index contributed by atoms with van der Waals surface area (Å²) in [7, 11) is 0. The minimum Gasteiger partial charge on any atom is -0.408 e. The van der Waals surface area contributed by atoms with Gasteiger partial charge in [-0.2, -0.15) is 0 Å². The van der Waals surface area contributed by atoms with Gasteiger partial charge in [-0.05, 0) is 0 Å². The van der Waals surface area contributed by atoms with Crippen molar-refractivity contribution in [2.24, 2.45) is 0 Å². The van der Waals surface area contributed by atoms with Crippen LogP contribution in [0.2, 0.25) is 0 Å². The smallest absolute Gasteiger partial charge is 0.315 e. The van der Waals surface area contributed by atoms with Crippen molar-refractivity contribution < 1.29 is 4.42 Å². The summed E-state index contributed by atoms with van der Waals surface area (Å²) >= 11 is 0. The molecule has 4 heteroatoms. The molecular weight excluding hydrogens is 130 g/mol. The molecule has 1 heterocycles. The van der Waals surface area contributed by atoms with E-state index in [-0.39, 0.29) is 0 Å². The summed E-state index contributed by atoms with van der Waals surface area (Å²) in [6, 6.07) is 0.442. The number of aromatic nitrogens is 2. The molecule has 0 aliphatic rings. The molecule has 0 aromatic carbocycles. The molecule has 0 aliphatic heterocycles. The molecule has 0 saturated heterocycles. The first-order valence-corrected chi connectivity index (χ1v) is 2.98. The van der Waals surface area contributed by atoms with Crippen molar-refractivity contribution in [2.75, 3.05) is 11.9 Å². The van der Waals surface area contributed by atoms with E-state index in [1.807, 2.05) is 0 Å². The molecule has 10 heavy (non-hydrogen) atoms. The van der Waals surface area contributed by atoms with Crippen LogP contribution in [0.15, 0.2) is 17.1 Å². The molecule has 0 fully saturated rings. The van der Waals surface area contributed by atoms with E-state index in [9.17, 15) is 0 Å². The third-order valence-corrected chi connectivity index (χ3v) is 0.924. The Morgan fingerprint density at radius 3 is 3.00 bits per heavy atom. The van der Waals surface area contributed by atoms with Crippen molar-refractivity contribution in [1.82, 2.24) is 10.2 Å². The van der Waals surface area contributed by atoms with Gasteiger partial charge < -0.3 is 9.73 Å². The van der Waals surface area contributed by atoms with Gasteiger partial charge >= 0.3 is 6.01 Å². The topological polar surface area (TPSA) is 51.0 Å². The molecule has 0 saturated carbocycles. The van der Waals surface area contributed by atoms with Crippen LogP contribution >= 0.6 is 0 Å². The standard InChI is InChI=1S/C6H9N3O/c1-3-4-7-6-9-8-5(2)10-6/h3H,1,4H2,2H3,(H,7,9). The summed E-state index contributed by atoms with van der Waals surface area (Å²) in [6.45, 7) is 5.91. The molecule has 0 spiro atoms. The first-order chi connectivity index (χ1) is 4.83. The van der Waals surface area contributed by atoms with Crippen molar-refractivity contribution in [1.29, 1.82) is 0 Å². The fraction of sp³-hybridized carbons (Fsp3) is 0.333. The van der Waals surface area contributed by atoms with Gasteiger partial charge in [-0.3, -0.25) is 0 Å². The van der Waals surface area contributed by atoms with E-state index in [0.717, 1.165) is 0 Å². The number of nitrogens with zero attached hydrogens (tertiary/aromatic N) is 2. The van der Waals surface area contributed by atoms with E-state index in [1.54, 1.807) is 13.0 Å². The van der Waals surface area contributed by atoms with Crippen molar-refractivity contribution in [3.63, 3.8) is 0 Å². The van der Waals surface area contributed by atoms with Crippen LogP contribution in [0.5, 0.6) is 0 Å². The van der Waals surface area contributed by atoms with Crippen LogP contribution in [0, 0.1) is 6.92 Å². The van der Waals surface area contributed by atoms with Crippen LogP contribution in [0.3, 0.4) is 0 Å². The van der Waals surface area contributed by atoms with Gasteiger partial charge in [-0.15, -0.1) is 11.7 Å². The van der Waals surface area contributed by atoms with Crippen LogP contribution in [-0.4, -0.2) is 16.7 Å². The maximum atomic E-state index is 5.00. The summed E-state index contributed by atoms with van der Waals surface area (Å²) in [4.78, 5) is 0. The molecule has 0 radical (unpaired) electrons. The molecule has 4 nitrogen and oxygen atoms in total. The molecule has 1 N–H and O–H groups in total. The van der Waals surface area contributed by atoms with Gasteiger partial charge in [0.15, 0.2) is 0 Å². The highest BCUT2D eigenvalue weighted by molar-refractivity contribution is 5.17. The van der Waals surface area contributed by atoms with Crippen molar-refractivity contribution >= 4 is 6.01 Å². The van der Waals surface area contributed by atoms with Crippen molar-refractivity contribution in [3.05, 3.63) is 18.5 Å². The third-order valence-electron chi connectivity index (χ3n) is 0.924. The zero-order valence-corrected chi connectivity index (χ0v) is 5.79. The second-order valence-electron chi connectivity index (χ2n) is 1.80. The Hall–Kier alpha value is -1.32. The summed E-state index contributed by atoms with van der Waals surface area (Å²) in [5.74, 6) is 0.562. The van der Waals surface area contributed by atoms with Gasteiger partial charge in [0.25, 0.3) is 0 Å². The van der Waals surface area contributed by atoms with E-state index in [1.165, 1.54) is 0 Å². The molecule has 0 aliphatic carbocycles. The Kier molecular flexibility index (Phi) is 2.04. The predicted octanol–water partition coefficient (Wildman–Crippen LogP) is 0.976. The Bertz CT molecular complexity index is 219. The minimum absolute atomic E-state index is 0.442. The Labute approximate surface area is 59.0 Å². The average Bonchev–Trinajstić information content (AvgIpc) is 2.31. The number of hydrogen-bond acceptors (Lipinski definition) is 4. The second-order valence-corrected chi connectivity index (χ2v) is 1.80. The first kappa shape index (κ1) is 6.80. The molecule has 54 valence electrons.